The zero-order valence-corrected chi connectivity index (χ0v) is 7.32. The van der Waals surface area contributed by atoms with E-state index < -0.39 is 0 Å². The van der Waals surface area contributed by atoms with Crippen LogP contribution >= 0.6 is 0 Å². The first kappa shape index (κ1) is 8.31. The van der Waals surface area contributed by atoms with E-state index in [9.17, 15) is 4.79 Å². The Balaban J connectivity index is 2.06. The first-order valence-electron chi connectivity index (χ1n) is 4.38. The number of rotatable bonds is 3. The number of amides is 1. The molecule has 0 unspecified atom stereocenters. The van der Waals surface area contributed by atoms with E-state index in [1.807, 2.05) is 0 Å². The number of furan rings is 1. The number of carbonyl (C=O) groups is 1. The molecule has 70 valence electrons. The van der Waals surface area contributed by atoms with Gasteiger partial charge in [-0.25, -0.2) is 0 Å². The largest absolute Gasteiger partial charge is 0.467 e. The molecule has 0 atom stereocenters. The number of carbonyl (C=O) groups excluding carboxylic acids is 1. The number of hydrogen-bond donors (Lipinski definition) is 1. The van der Waals surface area contributed by atoms with Gasteiger partial charge in [0.05, 0.1) is 18.4 Å². The fourth-order valence-electron chi connectivity index (χ4n) is 1.53. The lowest BCUT2D eigenvalue weighted by molar-refractivity contribution is 0.0773. The molecule has 0 fully saturated rings. The molecule has 1 aromatic heterocycles. The standard InChI is InChI=1S/C9H12N2O2/c10-3-1-4-11-6-8-7(9(11)12)2-5-13-8/h2,5H,1,3-4,6,10H2. The van der Waals surface area contributed by atoms with Crippen molar-refractivity contribution in [2.24, 2.45) is 5.73 Å². The second-order valence-corrected chi connectivity index (χ2v) is 3.13. The molecule has 1 aromatic rings. The predicted molar refractivity (Wildman–Crippen MR) is 47.1 cm³/mol. The highest BCUT2D eigenvalue weighted by molar-refractivity contribution is 5.97. The predicted octanol–water partition coefficient (Wildman–Crippen LogP) is 0.584. The van der Waals surface area contributed by atoms with E-state index in [4.69, 9.17) is 10.2 Å². The maximum atomic E-state index is 11.6. The summed E-state index contributed by atoms with van der Waals surface area (Å²) in [6.45, 7) is 1.94. The number of fused-ring (bicyclic) bond motifs is 1. The number of nitrogens with zero attached hydrogens (tertiary/aromatic N) is 1. The summed E-state index contributed by atoms with van der Waals surface area (Å²) in [7, 11) is 0. The van der Waals surface area contributed by atoms with Gasteiger partial charge in [0.15, 0.2) is 0 Å². The Bertz CT molecular complexity index is 319. The SMILES string of the molecule is NCCCN1Cc2occc2C1=O. The van der Waals surface area contributed by atoms with Gasteiger partial charge in [-0.1, -0.05) is 0 Å². The van der Waals surface area contributed by atoms with E-state index in [1.54, 1.807) is 17.2 Å². The van der Waals surface area contributed by atoms with E-state index in [1.165, 1.54) is 0 Å². The van der Waals surface area contributed by atoms with E-state index in [-0.39, 0.29) is 5.91 Å². The van der Waals surface area contributed by atoms with Crippen LogP contribution in [-0.4, -0.2) is 23.9 Å². The van der Waals surface area contributed by atoms with E-state index in [0.717, 1.165) is 18.7 Å². The minimum Gasteiger partial charge on any atom is -0.467 e. The van der Waals surface area contributed by atoms with Crippen molar-refractivity contribution in [3.05, 3.63) is 23.7 Å². The maximum absolute atomic E-state index is 11.6. The number of hydrogen-bond acceptors (Lipinski definition) is 3. The summed E-state index contributed by atoms with van der Waals surface area (Å²) < 4.78 is 5.16. The summed E-state index contributed by atoms with van der Waals surface area (Å²) in [4.78, 5) is 13.4. The van der Waals surface area contributed by atoms with E-state index >= 15 is 0 Å². The Morgan fingerprint density at radius 3 is 3.15 bits per heavy atom. The van der Waals surface area contributed by atoms with Crippen molar-refractivity contribution in [2.45, 2.75) is 13.0 Å². The van der Waals surface area contributed by atoms with Gasteiger partial charge in [0, 0.05) is 6.54 Å². The van der Waals surface area contributed by atoms with Crippen LogP contribution in [0.5, 0.6) is 0 Å². The van der Waals surface area contributed by atoms with E-state index in [2.05, 4.69) is 0 Å². The van der Waals surface area contributed by atoms with Crippen LogP contribution in [0.2, 0.25) is 0 Å². The second-order valence-electron chi connectivity index (χ2n) is 3.13. The lowest BCUT2D eigenvalue weighted by Crippen LogP contribution is -2.26. The van der Waals surface area contributed by atoms with Crippen LogP contribution in [0.1, 0.15) is 22.5 Å². The van der Waals surface area contributed by atoms with Gasteiger partial charge in [0.1, 0.15) is 5.76 Å². The summed E-state index contributed by atoms with van der Waals surface area (Å²) in [5, 5.41) is 0. The van der Waals surface area contributed by atoms with Crippen LogP contribution in [0.3, 0.4) is 0 Å². The molecule has 0 spiro atoms. The Morgan fingerprint density at radius 2 is 2.46 bits per heavy atom. The molecule has 0 saturated heterocycles. The van der Waals surface area contributed by atoms with Crippen molar-refractivity contribution in [3.63, 3.8) is 0 Å². The summed E-state index contributed by atoms with van der Waals surface area (Å²) in [6.07, 6.45) is 2.40. The van der Waals surface area contributed by atoms with Crippen molar-refractivity contribution in [2.75, 3.05) is 13.1 Å². The normalized spacial score (nSPS) is 15.2. The minimum absolute atomic E-state index is 0.0669. The quantitative estimate of drug-likeness (QED) is 0.740. The molecule has 1 aliphatic heterocycles. The van der Waals surface area contributed by atoms with Crippen LogP contribution < -0.4 is 5.73 Å². The molecule has 0 saturated carbocycles. The van der Waals surface area contributed by atoms with Gasteiger partial charge in [0.2, 0.25) is 0 Å². The number of nitrogens with two attached hydrogens (primary N) is 1. The monoisotopic (exact) mass is 180 g/mol. The molecule has 1 aliphatic rings. The molecule has 4 heteroatoms. The third-order valence-electron chi connectivity index (χ3n) is 2.23. The van der Waals surface area contributed by atoms with Gasteiger partial charge >= 0.3 is 0 Å². The van der Waals surface area contributed by atoms with Crippen LogP contribution in [0, 0.1) is 0 Å². The highest BCUT2D eigenvalue weighted by Gasteiger charge is 2.29. The van der Waals surface area contributed by atoms with Gasteiger partial charge in [-0.15, -0.1) is 0 Å². The van der Waals surface area contributed by atoms with Gasteiger partial charge < -0.3 is 15.1 Å². The minimum atomic E-state index is 0.0669. The van der Waals surface area contributed by atoms with Crippen LogP contribution in [0.25, 0.3) is 0 Å². The molecule has 0 aliphatic carbocycles. The second kappa shape index (κ2) is 3.22. The molecular formula is C9H12N2O2. The lowest BCUT2D eigenvalue weighted by Gasteiger charge is -2.13. The third-order valence-corrected chi connectivity index (χ3v) is 2.23. The van der Waals surface area contributed by atoms with Crippen molar-refractivity contribution < 1.29 is 9.21 Å². The first-order valence-corrected chi connectivity index (χ1v) is 4.38. The Hall–Kier alpha value is -1.29. The van der Waals surface area contributed by atoms with Gasteiger partial charge in [0.25, 0.3) is 5.91 Å². The molecule has 2 rings (SSSR count). The van der Waals surface area contributed by atoms with Crippen molar-refractivity contribution in [1.82, 2.24) is 4.90 Å². The summed E-state index contributed by atoms with van der Waals surface area (Å²) in [5.41, 5.74) is 6.08. The van der Waals surface area contributed by atoms with Gasteiger partial charge in [-0.3, -0.25) is 4.79 Å². The van der Waals surface area contributed by atoms with Crippen molar-refractivity contribution in [3.8, 4) is 0 Å². The highest BCUT2D eigenvalue weighted by atomic mass is 16.3. The molecule has 1 amide bonds. The van der Waals surface area contributed by atoms with Gasteiger partial charge in [-0.05, 0) is 19.0 Å². The lowest BCUT2D eigenvalue weighted by atomic mass is 10.3. The third kappa shape index (κ3) is 1.33. The van der Waals surface area contributed by atoms with Crippen LogP contribution in [0.4, 0.5) is 0 Å². The summed E-state index contributed by atoms with van der Waals surface area (Å²) >= 11 is 0. The first-order chi connectivity index (χ1) is 6.33. The Labute approximate surface area is 76.3 Å². The molecule has 0 bridgehead atoms. The molecule has 2 heterocycles. The van der Waals surface area contributed by atoms with Crippen LogP contribution in [0.15, 0.2) is 16.7 Å². The highest BCUT2D eigenvalue weighted by Crippen LogP contribution is 2.23. The fourth-order valence-corrected chi connectivity index (χ4v) is 1.53. The smallest absolute Gasteiger partial charge is 0.257 e. The molecule has 2 N–H and O–H groups in total. The molecule has 4 nitrogen and oxygen atoms in total. The average Bonchev–Trinajstić information content (AvgIpc) is 2.67. The van der Waals surface area contributed by atoms with Crippen LogP contribution in [-0.2, 0) is 6.54 Å². The zero-order valence-electron chi connectivity index (χ0n) is 7.32. The van der Waals surface area contributed by atoms with Gasteiger partial charge in [-0.2, -0.15) is 0 Å². The molecule has 0 radical (unpaired) electrons. The maximum Gasteiger partial charge on any atom is 0.257 e. The van der Waals surface area contributed by atoms with Crippen molar-refractivity contribution >= 4 is 5.91 Å². The van der Waals surface area contributed by atoms with Crippen molar-refractivity contribution in [1.29, 1.82) is 0 Å². The summed E-state index contributed by atoms with van der Waals surface area (Å²) in [6, 6.07) is 1.72. The Morgan fingerprint density at radius 1 is 1.62 bits per heavy atom. The zero-order chi connectivity index (χ0) is 9.26. The fraction of sp³-hybridized carbons (Fsp3) is 0.444. The molecule has 0 aromatic carbocycles. The molecule has 13 heavy (non-hydrogen) atoms. The molecular weight excluding hydrogens is 168 g/mol. The average molecular weight is 180 g/mol. The van der Waals surface area contributed by atoms with E-state index in [0.29, 0.717) is 18.7 Å². The summed E-state index contributed by atoms with van der Waals surface area (Å²) in [5.74, 6) is 0.847. The topological polar surface area (TPSA) is 59.5 Å². The Kier molecular flexibility index (Phi) is 2.06.